The number of carbonyl (C=O) groups is 1. The first-order valence-electron chi connectivity index (χ1n) is 6.38. The van der Waals surface area contributed by atoms with Gasteiger partial charge in [0.1, 0.15) is 0 Å². The zero-order chi connectivity index (χ0) is 12.0. The fraction of sp³-hybridized carbons (Fsp3) is 0.917. The lowest BCUT2D eigenvalue weighted by Crippen LogP contribution is -2.56. The Balaban J connectivity index is 2.26. The molecule has 3 N–H and O–H groups in total. The molecule has 0 saturated carbocycles. The average molecular weight is 227 g/mol. The molecule has 1 aliphatic heterocycles. The summed E-state index contributed by atoms with van der Waals surface area (Å²) in [5, 5.41) is 9.51. The molecule has 0 radical (unpaired) electrons. The number of carbonyl (C=O) groups excluding carboxylic acids is 1. The van der Waals surface area contributed by atoms with Crippen molar-refractivity contribution < 1.29 is 4.79 Å². The smallest absolute Gasteiger partial charge is 0.238 e. The molecule has 3 unspecified atom stereocenters. The maximum Gasteiger partial charge on any atom is 0.238 e. The standard InChI is InChI=1S/C12H25N3O/c1-4-9(2)7-10(3)15-12(16)11-8-13-5-6-14-11/h9-11,13-14H,4-8H2,1-3H3,(H,15,16). The third-order valence-corrected chi connectivity index (χ3v) is 3.20. The fourth-order valence-corrected chi connectivity index (χ4v) is 2.01. The number of amides is 1. The summed E-state index contributed by atoms with van der Waals surface area (Å²) in [5.74, 6) is 0.802. The molecule has 94 valence electrons. The van der Waals surface area contributed by atoms with Crippen molar-refractivity contribution in [1.29, 1.82) is 0 Å². The Bertz CT molecular complexity index is 214. The zero-order valence-corrected chi connectivity index (χ0v) is 10.7. The van der Waals surface area contributed by atoms with Gasteiger partial charge >= 0.3 is 0 Å². The molecule has 0 aliphatic carbocycles. The van der Waals surface area contributed by atoms with Crippen LogP contribution >= 0.6 is 0 Å². The lowest BCUT2D eigenvalue weighted by atomic mass is 10.00. The van der Waals surface area contributed by atoms with Gasteiger partial charge in [-0.1, -0.05) is 20.3 Å². The normalized spacial score (nSPS) is 24.8. The van der Waals surface area contributed by atoms with E-state index in [1.54, 1.807) is 0 Å². The van der Waals surface area contributed by atoms with E-state index >= 15 is 0 Å². The van der Waals surface area contributed by atoms with Crippen LogP contribution in [0.25, 0.3) is 0 Å². The van der Waals surface area contributed by atoms with E-state index < -0.39 is 0 Å². The van der Waals surface area contributed by atoms with E-state index in [4.69, 9.17) is 0 Å². The molecule has 0 bridgehead atoms. The topological polar surface area (TPSA) is 53.2 Å². The van der Waals surface area contributed by atoms with E-state index in [-0.39, 0.29) is 18.0 Å². The number of nitrogens with one attached hydrogen (secondary N) is 3. The Labute approximate surface area is 98.6 Å². The maximum absolute atomic E-state index is 11.9. The lowest BCUT2D eigenvalue weighted by molar-refractivity contribution is -0.124. The van der Waals surface area contributed by atoms with Crippen LogP contribution in [0.5, 0.6) is 0 Å². The van der Waals surface area contributed by atoms with Gasteiger partial charge in [-0.3, -0.25) is 4.79 Å². The summed E-state index contributed by atoms with van der Waals surface area (Å²) in [5.41, 5.74) is 0. The number of hydrogen-bond acceptors (Lipinski definition) is 3. The van der Waals surface area contributed by atoms with Crippen LogP contribution in [-0.4, -0.2) is 37.6 Å². The zero-order valence-electron chi connectivity index (χ0n) is 10.7. The molecule has 1 saturated heterocycles. The van der Waals surface area contributed by atoms with Crippen molar-refractivity contribution in [3.05, 3.63) is 0 Å². The van der Waals surface area contributed by atoms with Crippen molar-refractivity contribution in [3.8, 4) is 0 Å². The molecular weight excluding hydrogens is 202 g/mol. The summed E-state index contributed by atoms with van der Waals surface area (Å²) in [6.07, 6.45) is 2.23. The van der Waals surface area contributed by atoms with E-state index in [1.165, 1.54) is 6.42 Å². The van der Waals surface area contributed by atoms with Crippen molar-refractivity contribution in [2.75, 3.05) is 19.6 Å². The summed E-state index contributed by atoms with van der Waals surface area (Å²) in [7, 11) is 0. The van der Waals surface area contributed by atoms with Gasteiger partial charge in [0.15, 0.2) is 0 Å². The molecule has 4 nitrogen and oxygen atoms in total. The second kappa shape index (κ2) is 6.86. The maximum atomic E-state index is 11.9. The molecule has 4 heteroatoms. The molecule has 1 aliphatic rings. The summed E-state index contributed by atoms with van der Waals surface area (Å²) < 4.78 is 0. The predicted octanol–water partition coefficient (Wildman–Crippen LogP) is 0.489. The van der Waals surface area contributed by atoms with E-state index in [9.17, 15) is 4.79 Å². The average Bonchev–Trinajstić information content (AvgIpc) is 2.29. The molecular formula is C12H25N3O. The first-order chi connectivity index (χ1) is 7.63. The summed E-state index contributed by atoms with van der Waals surface area (Å²) in [4.78, 5) is 11.9. The van der Waals surface area contributed by atoms with Gasteiger partial charge in [0.05, 0.1) is 6.04 Å². The van der Waals surface area contributed by atoms with Gasteiger partial charge in [-0.15, -0.1) is 0 Å². The van der Waals surface area contributed by atoms with Crippen LogP contribution in [0, 0.1) is 5.92 Å². The van der Waals surface area contributed by atoms with Gasteiger partial charge < -0.3 is 16.0 Å². The SMILES string of the molecule is CCC(C)CC(C)NC(=O)C1CNCCN1. The molecule has 1 heterocycles. The highest BCUT2D eigenvalue weighted by Gasteiger charge is 2.21. The second-order valence-corrected chi connectivity index (χ2v) is 4.87. The Morgan fingerprint density at radius 2 is 2.19 bits per heavy atom. The van der Waals surface area contributed by atoms with Gasteiger partial charge in [-0.05, 0) is 19.3 Å². The minimum absolute atomic E-state index is 0.0619. The lowest BCUT2D eigenvalue weighted by Gasteiger charge is -2.26. The van der Waals surface area contributed by atoms with Gasteiger partial charge in [-0.2, -0.15) is 0 Å². The van der Waals surface area contributed by atoms with Gasteiger partial charge in [0.2, 0.25) is 5.91 Å². The van der Waals surface area contributed by atoms with Gasteiger partial charge in [-0.25, -0.2) is 0 Å². The molecule has 0 aromatic heterocycles. The van der Waals surface area contributed by atoms with Gasteiger partial charge in [0, 0.05) is 25.7 Å². The molecule has 1 fully saturated rings. The molecule has 16 heavy (non-hydrogen) atoms. The quantitative estimate of drug-likeness (QED) is 0.641. The molecule has 0 aromatic carbocycles. The Morgan fingerprint density at radius 3 is 2.75 bits per heavy atom. The summed E-state index contributed by atoms with van der Waals surface area (Å²) in [6.45, 7) is 9.06. The molecule has 0 aromatic rings. The summed E-state index contributed by atoms with van der Waals surface area (Å²) in [6, 6.07) is 0.208. The third-order valence-electron chi connectivity index (χ3n) is 3.20. The minimum Gasteiger partial charge on any atom is -0.352 e. The molecule has 0 spiro atoms. The highest BCUT2D eigenvalue weighted by atomic mass is 16.2. The Morgan fingerprint density at radius 1 is 1.44 bits per heavy atom. The van der Waals surface area contributed by atoms with Crippen LogP contribution in [-0.2, 0) is 4.79 Å². The Kier molecular flexibility index (Phi) is 5.77. The van der Waals surface area contributed by atoms with Crippen molar-refractivity contribution in [2.45, 2.75) is 45.7 Å². The largest absolute Gasteiger partial charge is 0.352 e. The van der Waals surface area contributed by atoms with Crippen LogP contribution in [0.4, 0.5) is 0 Å². The highest BCUT2D eigenvalue weighted by molar-refractivity contribution is 5.82. The fourth-order valence-electron chi connectivity index (χ4n) is 2.01. The van der Waals surface area contributed by atoms with Crippen LogP contribution in [0.2, 0.25) is 0 Å². The van der Waals surface area contributed by atoms with E-state index in [0.29, 0.717) is 5.92 Å². The van der Waals surface area contributed by atoms with E-state index in [0.717, 1.165) is 26.1 Å². The highest BCUT2D eigenvalue weighted by Crippen LogP contribution is 2.09. The Hall–Kier alpha value is -0.610. The molecule has 1 amide bonds. The molecule has 1 rings (SSSR count). The summed E-state index contributed by atoms with van der Waals surface area (Å²) >= 11 is 0. The first-order valence-corrected chi connectivity index (χ1v) is 6.38. The first kappa shape index (κ1) is 13.5. The van der Waals surface area contributed by atoms with Crippen LogP contribution in [0.15, 0.2) is 0 Å². The monoisotopic (exact) mass is 227 g/mol. The van der Waals surface area contributed by atoms with Crippen molar-refractivity contribution in [1.82, 2.24) is 16.0 Å². The van der Waals surface area contributed by atoms with Crippen LogP contribution in [0.3, 0.4) is 0 Å². The van der Waals surface area contributed by atoms with E-state index in [1.807, 2.05) is 0 Å². The second-order valence-electron chi connectivity index (χ2n) is 4.87. The third kappa shape index (κ3) is 4.49. The van der Waals surface area contributed by atoms with E-state index in [2.05, 4.69) is 36.7 Å². The number of piperazine rings is 1. The van der Waals surface area contributed by atoms with Crippen LogP contribution in [0.1, 0.15) is 33.6 Å². The molecule has 3 atom stereocenters. The van der Waals surface area contributed by atoms with Crippen molar-refractivity contribution in [2.24, 2.45) is 5.92 Å². The number of rotatable bonds is 5. The van der Waals surface area contributed by atoms with Gasteiger partial charge in [0.25, 0.3) is 0 Å². The van der Waals surface area contributed by atoms with Crippen molar-refractivity contribution in [3.63, 3.8) is 0 Å². The minimum atomic E-state index is -0.0619. The van der Waals surface area contributed by atoms with Crippen LogP contribution < -0.4 is 16.0 Å². The number of hydrogen-bond donors (Lipinski definition) is 3. The van der Waals surface area contributed by atoms with Crippen molar-refractivity contribution >= 4 is 5.91 Å². The predicted molar refractivity (Wildman–Crippen MR) is 66.3 cm³/mol.